The van der Waals surface area contributed by atoms with Gasteiger partial charge in [-0.2, -0.15) is 0 Å². The number of hydrogen-bond acceptors (Lipinski definition) is 6. The predicted octanol–water partition coefficient (Wildman–Crippen LogP) is 4.39. The number of carbonyl (C=O) groups is 1. The van der Waals surface area contributed by atoms with Crippen LogP contribution in [0.1, 0.15) is 42.7 Å². The Balaban J connectivity index is 1.89. The molecule has 1 aromatic heterocycles. The van der Waals surface area contributed by atoms with Crippen LogP contribution < -0.4 is 5.32 Å². The molecule has 0 radical (unpaired) electrons. The fraction of sp³-hybridized carbons (Fsp3) is 0.286. The van der Waals surface area contributed by atoms with E-state index in [0.29, 0.717) is 10.1 Å². The van der Waals surface area contributed by atoms with Crippen LogP contribution in [0.2, 0.25) is 0 Å². The molecule has 2 aromatic carbocycles. The lowest BCUT2D eigenvalue weighted by Gasteiger charge is -2.32. The SMILES string of the molecule is Cn1cnnc1Sc1ccc(C(=O)NC(c2ccccc2)C(C)(C)C)cc1[N+](=O)[O-]. The van der Waals surface area contributed by atoms with Crippen molar-refractivity contribution in [2.75, 3.05) is 0 Å². The van der Waals surface area contributed by atoms with Crippen molar-refractivity contribution in [1.29, 1.82) is 0 Å². The van der Waals surface area contributed by atoms with Crippen molar-refractivity contribution in [3.8, 4) is 0 Å². The molecule has 1 heterocycles. The highest BCUT2D eigenvalue weighted by molar-refractivity contribution is 7.99. The van der Waals surface area contributed by atoms with Gasteiger partial charge in [-0.25, -0.2) is 0 Å². The summed E-state index contributed by atoms with van der Waals surface area (Å²) in [4.78, 5) is 24.5. The smallest absolute Gasteiger partial charge is 0.284 e. The Hall–Kier alpha value is -3.20. The number of rotatable bonds is 6. The molecule has 30 heavy (non-hydrogen) atoms. The van der Waals surface area contributed by atoms with Gasteiger partial charge in [-0.1, -0.05) is 51.1 Å². The van der Waals surface area contributed by atoms with Gasteiger partial charge in [0.05, 0.1) is 15.9 Å². The van der Waals surface area contributed by atoms with Gasteiger partial charge in [-0.15, -0.1) is 10.2 Å². The number of nitrogens with one attached hydrogen (secondary N) is 1. The van der Waals surface area contributed by atoms with Gasteiger partial charge >= 0.3 is 0 Å². The van der Waals surface area contributed by atoms with E-state index >= 15 is 0 Å². The Morgan fingerprint density at radius 2 is 1.90 bits per heavy atom. The monoisotopic (exact) mass is 425 g/mol. The summed E-state index contributed by atoms with van der Waals surface area (Å²) >= 11 is 1.13. The number of aromatic nitrogens is 3. The van der Waals surface area contributed by atoms with E-state index in [1.54, 1.807) is 23.7 Å². The highest BCUT2D eigenvalue weighted by atomic mass is 32.2. The van der Waals surface area contributed by atoms with Crippen molar-refractivity contribution in [2.24, 2.45) is 12.5 Å². The van der Waals surface area contributed by atoms with E-state index in [1.807, 2.05) is 51.1 Å². The molecule has 0 saturated heterocycles. The van der Waals surface area contributed by atoms with Gasteiger partial charge in [0.1, 0.15) is 6.33 Å². The summed E-state index contributed by atoms with van der Waals surface area (Å²) in [6.07, 6.45) is 1.52. The standard InChI is InChI=1S/C21H23N5O3S/c1-21(2,3)18(14-8-6-5-7-9-14)23-19(27)15-10-11-17(16(12-15)26(28)29)30-20-24-22-13-25(20)4/h5-13,18H,1-4H3,(H,23,27). The van der Waals surface area contributed by atoms with Crippen LogP contribution in [0.15, 0.2) is 64.9 Å². The first-order valence-corrected chi connectivity index (χ1v) is 10.1. The number of hydrogen-bond donors (Lipinski definition) is 1. The maximum atomic E-state index is 13.0. The third-order valence-corrected chi connectivity index (χ3v) is 5.68. The van der Waals surface area contributed by atoms with Crippen molar-refractivity contribution >= 4 is 23.4 Å². The van der Waals surface area contributed by atoms with Crippen LogP contribution in [-0.4, -0.2) is 25.6 Å². The quantitative estimate of drug-likeness (QED) is 0.464. The minimum absolute atomic E-state index is 0.150. The lowest BCUT2D eigenvalue weighted by molar-refractivity contribution is -0.387. The minimum Gasteiger partial charge on any atom is -0.345 e. The molecule has 3 rings (SSSR count). The molecular weight excluding hydrogens is 402 g/mol. The molecule has 0 aliphatic carbocycles. The average Bonchev–Trinajstić information content (AvgIpc) is 3.10. The number of nitro benzene ring substituents is 1. The van der Waals surface area contributed by atoms with E-state index in [0.717, 1.165) is 17.3 Å². The molecule has 0 bridgehead atoms. The average molecular weight is 426 g/mol. The highest BCUT2D eigenvalue weighted by Crippen LogP contribution is 2.35. The Morgan fingerprint density at radius 3 is 2.47 bits per heavy atom. The van der Waals surface area contributed by atoms with Crippen molar-refractivity contribution in [1.82, 2.24) is 20.1 Å². The van der Waals surface area contributed by atoms with Crippen LogP contribution in [0.3, 0.4) is 0 Å². The third kappa shape index (κ3) is 4.85. The van der Waals surface area contributed by atoms with Crippen LogP contribution in [0, 0.1) is 15.5 Å². The molecule has 0 aliphatic rings. The number of nitrogens with zero attached hydrogens (tertiary/aromatic N) is 4. The second-order valence-corrected chi connectivity index (χ2v) is 8.96. The summed E-state index contributed by atoms with van der Waals surface area (Å²) in [5.41, 5.74) is 0.809. The van der Waals surface area contributed by atoms with Gasteiger partial charge in [0, 0.05) is 18.7 Å². The second-order valence-electron chi connectivity index (χ2n) is 7.95. The molecule has 0 aliphatic heterocycles. The number of carbonyl (C=O) groups excluding carboxylic acids is 1. The van der Waals surface area contributed by atoms with Crippen LogP contribution >= 0.6 is 11.8 Å². The molecular formula is C21H23N5O3S. The largest absolute Gasteiger partial charge is 0.345 e. The molecule has 9 heteroatoms. The summed E-state index contributed by atoms with van der Waals surface area (Å²) in [5, 5.41) is 22.9. The predicted molar refractivity (Wildman–Crippen MR) is 114 cm³/mol. The second kappa shape index (κ2) is 8.66. The van der Waals surface area contributed by atoms with E-state index in [4.69, 9.17) is 0 Å². The Kier molecular flexibility index (Phi) is 6.21. The van der Waals surface area contributed by atoms with Gasteiger partial charge in [-0.05, 0) is 34.9 Å². The Bertz CT molecular complexity index is 1060. The normalized spacial score (nSPS) is 12.4. The van der Waals surface area contributed by atoms with Gasteiger partial charge < -0.3 is 9.88 Å². The first kappa shape index (κ1) is 21.5. The highest BCUT2D eigenvalue weighted by Gasteiger charge is 2.29. The lowest BCUT2D eigenvalue weighted by atomic mass is 9.82. The number of nitro groups is 1. The number of aryl methyl sites for hydroxylation is 1. The van der Waals surface area contributed by atoms with Crippen molar-refractivity contribution in [2.45, 2.75) is 36.9 Å². The zero-order chi connectivity index (χ0) is 21.9. The molecule has 0 spiro atoms. The Morgan fingerprint density at radius 1 is 1.20 bits per heavy atom. The summed E-state index contributed by atoms with van der Waals surface area (Å²) in [5.74, 6) is -0.364. The van der Waals surface area contributed by atoms with E-state index < -0.39 is 4.92 Å². The summed E-state index contributed by atoms with van der Waals surface area (Å²) in [6, 6.07) is 13.9. The summed E-state index contributed by atoms with van der Waals surface area (Å²) in [6.45, 7) is 6.11. The van der Waals surface area contributed by atoms with Gasteiger partial charge in [0.2, 0.25) is 0 Å². The zero-order valence-electron chi connectivity index (χ0n) is 17.2. The van der Waals surface area contributed by atoms with Gasteiger partial charge in [0.15, 0.2) is 5.16 Å². The van der Waals surface area contributed by atoms with Gasteiger partial charge in [0.25, 0.3) is 11.6 Å². The lowest BCUT2D eigenvalue weighted by Crippen LogP contribution is -2.36. The summed E-state index contributed by atoms with van der Waals surface area (Å²) in [7, 11) is 1.76. The Labute approximate surface area is 178 Å². The first-order valence-electron chi connectivity index (χ1n) is 9.33. The maximum absolute atomic E-state index is 13.0. The first-order chi connectivity index (χ1) is 14.2. The van der Waals surface area contributed by atoms with Crippen molar-refractivity contribution in [3.63, 3.8) is 0 Å². The molecule has 8 nitrogen and oxygen atoms in total. The molecule has 3 aromatic rings. The fourth-order valence-electron chi connectivity index (χ4n) is 3.01. The maximum Gasteiger partial charge on any atom is 0.284 e. The number of amides is 1. The van der Waals surface area contributed by atoms with E-state index in [-0.39, 0.29) is 28.6 Å². The molecule has 0 saturated carbocycles. The molecule has 0 fully saturated rings. The van der Waals surface area contributed by atoms with Crippen molar-refractivity contribution < 1.29 is 9.72 Å². The van der Waals surface area contributed by atoms with Crippen LogP contribution in [0.25, 0.3) is 0 Å². The number of benzene rings is 2. The molecule has 156 valence electrons. The molecule has 1 unspecified atom stereocenters. The fourth-order valence-corrected chi connectivity index (χ4v) is 3.86. The zero-order valence-corrected chi connectivity index (χ0v) is 18.0. The van der Waals surface area contributed by atoms with Crippen LogP contribution in [0.5, 0.6) is 0 Å². The third-order valence-electron chi connectivity index (χ3n) is 4.56. The van der Waals surface area contributed by atoms with E-state index in [2.05, 4.69) is 15.5 Å². The van der Waals surface area contributed by atoms with Crippen molar-refractivity contribution in [3.05, 3.63) is 76.1 Å². The van der Waals surface area contributed by atoms with E-state index in [1.165, 1.54) is 12.4 Å². The van der Waals surface area contributed by atoms with Crippen LogP contribution in [-0.2, 0) is 7.05 Å². The molecule has 1 N–H and O–H groups in total. The topological polar surface area (TPSA) is 103 Å². The molecule has 1 amide bonds. The van der Waals surface area contributed by atoms with Crippen LogP contribution in [0.4, 0.5) is 5.69 Å². The molecule has 1 atom stereocenters. The summed E-state index contributed by atoms with van der Waals surface area (Å²) < 4.78 is 1.67. The van der Waals surface area contributed by atoms with Gasteiger partial charge in [-0.3, -0.25) is 14.9 Å². The minimum atomic E-state index is -0.492. The van der Waals surface area contributed by atoms with E-state index in [9.17, 15) is 14.9 Å².